The van der Waals surface area contributed by atoms with Crippen LogP contribution in [0.15, 0.2) is 96.2 Å². The van der Waals surface area contributed by atoms with Gasteiger partial charge in [0.1, 0.15) is 5.56 Å². The zero-order valence-electron chi connectivity index (χ0n) is 21.8. The second kappa shape index (κ2) is 9.99. The number of nitrogens with two attached hydrogens (primary N) is 1. The van der Waals surface area contributed by atoms with Gasteiger partial charge in [0.25, 0.3) is 11.5 Å². The number of nitrogen functional groups attached to an aromatic ring is 1. The molecule has 0 spiro atoms. The van der Waals surface area contributed by atoms with Crippen molar-refractivity contribution < 1.29 is 9.53 Å². The fourth-order valence-corrected chi connectivity index (χ4v) is 4.91. The van der Waals surface area contributed by atoms with Gasteiger partial charge in [0.05, 0.1) is 18.5 Å². The molecule has 0 aliphatic carbocycles. The highest BCUT2D eigenvalue weighted by Crippen LogP contribution is 2.30. The molecule has 0 aliphatic rings. The molecule has 10 nitrogen and oxygen atoms in total. The minimum Gasteiger partial charge on any atom is -0.481 e. The summed E-state index contributed by atoms with van der Waals surface area (Å²) in [4.78, 5) is 36.3. The van der Waals surface area contributed by atoms with Gasteiger partial charge in [0, 0.05) is 41.6 Å². The Labute approximate surface area is 228 Å². The van der Waals surface area contributed by atoms with Gasteiger partial charge in [-0.2, -0.15) is 0 Å². The van der Waals surface area contributed by atoms with Crippen molar-refractivity contribution in [1.29, 1.82) is 0 Å². The number of hydrogen-bond acceptors (Lipinski definition) is 7. The Kier molecular flexibility index (Phi) is 6.19. The van der Waals surface area contributed by atoms with E-state index in [0.717, 1.165) is 16.5 Å². The van der Waals surface area contributed by atoms with E-state index in [1.807, 2.05) is 67.6 Å². The summed E-state index contributed by atoms with van der Waals surface area (Å²) in [6, 6.07) is 21.7. The third-order valence-corrected chi connectivity index (χ3v) is 6.79. The van der Waals surface area contributed by atoms with Crippen molar-refractivity contribution in [3.05, 3.63) is 113 Å². The summed E-state index contributed by atoms with van der Waals surface area (Å²) in [6.07, 6.45) is 4.93. The van der Waals surface area contributed by atoms with Crippen LogP contribution in [0.1, 0.15) is 29.0 Å². The summed E-state index contributed by atoms with van der Waals surface area (Å²) in [6.45, 7) is 1.82. The maximum atomic E-state index is 14.3. The summed E-state index contributed by atoms with van der Waals surface area (Å²) in [5.74, 6) is 0.114. The Morgan fingerprint density at radius 3 is 2.60 bits per heavy atom. The number of amides is 1. The van der Waals surface area contributed by atoms with Crippen LogP contribution < -0.4 is 21.3 Å². The number of nitrogens with one attached hydrogen (secondary N) is 1. The molecule has 1 atom stereocenters. The van der Waals surface area contributed by atoms with Crippen LogP contribution >= 0.6 is 0 Å². The molecule has 0 saturated carbocycles. The van der Waals surface area contributed by atoms with E-state index in [4.69, 9.17) is 10.5 Å². The maximum absolute atomic E-state index is 14.3. The predicted octanol–water partition coefficient (Wildman–Crippen LogP) is 4.18. The lowest BCUT2D eigenvalue weighted by atomic mass is 9.98. The molecular weight excluding hydrogens is 506 g/mol. The number of hydrogen-bond donors (Lipinski definition) is 2. The van der Waals surface area contributed by atoms with Gasteiger partial charge in [-0.3, -0.25) is 14.2 Å². The van der Waals surface area contributed by atoms with E-state index in [9.17, 15) is 9.59 Å². The number of nitrogens with zero attached hydrogens (tertiary/aromatic N) is 5. The van der Waals surface area contributed by atoms with Crippen molar-refractivity contribution in [1.82, 2.24) is 29.5 Å². The van der Waals surface area contributed by atoms with Crippen LogP contribution in [-0.4, -0.2) is 37.2 Å². The average molecular weight is 532 g/mol. The zero-order chi connectivity index (χ0) is 27.8. The molecule has 6 rings (SSSR count). The second-order valence-corrected chi connectivity index (χ2v) is 9.25. The number of methoxy groups -OCH3 is 1. The molecule has 3 N–H and O–H groups in total. The van der Waals surface area contributed by atoms with Crippen LogP contribution in [0, 0.1) is 0 Å². The monoisotopic (exact) mass is 531 g/mol. The number of pyridine rings is 2. The van der Waals surface area contributed by atoms with Crippen LogP contribution in [0.5, 0.6) is 5.88 Å². The largest absolute Gasteiger partial charge is 0.481 e. The van der Waals surface area contributed by atoms with Gasteiger partial charge >= 0.3 is 0 Å². The van der Waals surface area contributed by atoms with Gasteiger partial charge in [-0.1, -0.05) is 36.4 Å². The van der Waals surface area contributed by atoms with Crippen molar-refractivity contribution in [3.63, 3.8) is 0 Å². The lowest BCUT2D eigenvalue weighted by Gasteiger charge is -2.21. The molecule has 1 unspecified atom stereocenters. The molecule has 0 radical (unpaired) electrons. The van der Waals surface area contributed by atoms with E-state index in [-0.39, 0.29) is 16.9 Å². The maximum Gasteiger partial charge on any atom is 0.263 e. The van der Waals surface area contributed by atoms with E-state index in [1.54, 1.807) is 42.4 Å². The Morgan fingerprint density at radius 1 is 1.02 bits per heavy atom. The third-order valence-electron chi connectivity index (χ3n) is 6.79. The molecule has 4 aromatic heterocycles. The number of para-hydroxylation sites is 1. The van der Waals surface area contributed by atoms with Gasteiger partial charge in [-0.05, 0) is 48.2 Å². The quantitative estimate of drug-likeness (QED) is 0.330. The van der Waals surface area contributed by atoms with Crippen molar-refractivity contribution >= 4 is 28.1 Å². The van der Waals surface area contributed by atoms with E-state index in [2.05, 4.69) is 20.4 Å². The lowest BCUT2D eigenvalue weighted by Crippen LogP contribution is -2.32. The first-order chi connectivity index (χ1) is 19.5. The summed E-state index contributed by atoms with van der Waals surface area (Å²) in [7, 11) is 1.56. The second-order valence-electron chi connectivity index (χ2n) is 9.25. The summed E-state index contributed by atoms with van der Waals surface area (Å²) in [5.41, 5.74) is 9.19. The van der Waals surface area contributed by atoms with E-state index in [0.29, 0.717) is 28.3 Å². The molecular formula is C30H25N7O3. The first-order valence-electron chi connectivity index (χ1n) is 12.6. The minimum absolute atomic E-state index is 0.0695. The molecule has 2 aromatic carbocycles. The van der Waals surface area contributed by atoms with E-state index < -0.39 is 11.9 Å². The van der Waals surface area contributed by atoms with Gasteiger partial charge in [-0.15, -0.1) is 5.10 Å². The van der Waals surface area contributed by atoms with Crippen molar-refractivity contribution in [2.24, 2.45) is 0 Å². The Bertz CT molecular complexity index is 1930. The van der Waals surface area contributed by atoms with Crippen molar-refractivity contribution in [2.45, 2.75) is 13.0 Å². The lowest BCUT2D eigenvalue weighted by molar-refractivity contribution is 0.0941. The van der Waals surface area contributed by atoms with Crippen LogP contribution in [0.25, 0.3) is 33.2 Å². The molecule has 0 saturated heterocycles. The summed E-state index contributed by atoms with van der Waals surface area (Å²) >= 11 is 0. The number of ether oxygens (including phenoxy) is 1. The number of benzene rings is 2. The predicted molar refractivity (Wildman–Crippen MR) is 153 cm³/mol. The van der Waals surface area contributed by atoms with Crippen LogP contribution in [0.4, 0.5) is 5.82 Å². The Hall–Kier alpha value is -5.51. The van der Waals surface area contributed by atoms with Gasteiger partial charge < -0.3 is 15.8 Å². The normalized spacial score (nSPS) is 11.9. The molecule has 1 amide bonds. The highest BCUT2D eigenvalue weighted by Gasteiger charge is 2.24. The molecule has 10 heteroatoms. The first-order valence-corrected chi connectivity index (χ1v) is 12.6. The van der Waals surface area contributed by atoms with Crippen molar-refractivity contribution in [3.8, 4) is 22.7 Å². The summed E-state index contributed by atoms with van der Waals surface area (Å²) in [5, 5.41) is 8.46. The molecule has 0 bridgehead atoms. The highest BCUT2D eigenvalue weighted by molar-refractivity contribution is 6.04. The van der Waals surface area contributed by atoms with E-state index in [1.165, 1.54) is 4.52 Å². The number of carbonyl (C=O) groups is 1. The van der Waals surface area contributed by atoms with Crippen LogP contribution in [-0.2, 0) is 0 Å². The molecule has 6 aromatic rings. The smallest absolute Gasteiger partial charge is 0.263 e. The molecule has 198 valence electrons. The molecule has 0 fully saturated rings. The molecule has 0 aliphatic heterocycles. The SMILES string of the molecule is COc1ccc(-c2cccc3cc(C(C)NC(=O)c4c(N)nn5cccnc45)n(-c4ccccc4)c(=O)c23)cn1. The molecule has 4 heterocycles. The highest BCUT2D eigenvalue weighted by atomic mass is 16.5. The van der Waals surface area contributed by atoms with Crippen molar-refractivity contribution in [2.75, 3.05) is 12.8 Å². The Morgan fingerprint density at radius 2 is 1.85 bits per heavy atom. The topological polar surface area (TPSA) is 129 Å². The van der Waals surface area contributed by atoms with Gasteiger partial charge in [0.15, 0.2) is 11.5 Å². The van der Waals surface area contributed by atoms with Crippen LogP contribution in [0.3, 0.4) is 0 Å². The van der Waals surface area contributed by atoms with Gasteiger partial charge in [-0.25, -0.2) is 14.5 Å². The zero-order valence-corrected chi connectivity index (χ0v) is 21.8. The number of anilines is 1. The number of fused-ring (bicyclic) bond motifs is 2. The van der Waals surface area contributed by atoms with Crippen LogP contribution in [0.2, 0.25) is 0 Å². The van der Waals surface area contributed by atoms with Gasteiger partial charge in [0.2, 0.25) is 5.88 Å². The average Bonchev–Trinajstić information content (AvgIpc) is 3.33. The number of carbonyl (C=O) groups excluding carboxylic acids is 1. The number of rotatable bonds is 6. The third kappa shape index (κ3) is 4.21. The summed E-state index contributed by atoms with van der Waals surface area (Å²) < 4.78 is 8.29. The minimum atomic E-state index is -0.575. The standard InChI is InChI=1S/C30H25N7O3/c1-18(34-29(38)26-27(31)35-36-15-7-14-32-28(26)36)23-16-19-8-6-11-22(20-12-13-24(40-2)33-17-20)25(19)30(39)37(23)21-9-4-3-5-10-21/h3-18H,1-2H3,(H2,31,35)(H,34,38). The fraction of sp³-hybridized carbons (Fsp3) is 0.100. The first kappa shape index (κ1) is 24.8. The van der Waals surface area contributed by atoms with E-state index >= 15 is 0 Å². The number of aromatic nitrogens is 5. The Balaban J connectivity index is 1.50. The molecule has 40 heavy (non-hydrogen) atoms. The fourth-order valence-electron chi connectivity index (χ4n) is 4.91.